The number of nitrogens with zero attached hydrogens (tertiary/aromatic N) is 4. The van der Waals surface area contributed by atoms with Crippen LogP contribution in [0.4, 0.5) is 5.69 Å². The fourth-order valence-electron chi connectivity index (χ4n) is 5.86. The number of aryl methyl sites for hydroxylation is 1. The van der Waals surface area contributed by atoms with Gasteiger partial charge in [0.05, 0.1) is 18.2 Å². The highest BCUT2D eigenvalue weighted by Crippen LogP contribution is 2.34. The van der Waals surface area contributed by atoms with Gasteiger partial charge in [0.2, 0.25) is 11.4 Å². The summed E-state index contributed by atoms with van der Waals surface area (Å²) in [5, 5.41) is 14.7. The van der Waals surface area contributed by atoms with E-state index in [4.69, 9.17) is 9.47 Å². The Morgan fingerprint density at radius 3 is 2.79 bits per heavy atom. The van der Waals surface area contributed by atoms with Gasteiger partial charge in [-0.25, -0.2) is 4.98 Å². The molecule has 3 aromatic rings. The summed E-state index contributed by atoms with van der Waals surface area (Å²) in [6, 6.07) is 11.4. The Kier molecular flexibility index (Phi) is 7.04. The molecule has 3 aliphatic rings. The number of anilines is 1. The molecule has 38 heavy (non-hydrogen) atoms. The third kappa shape index (κ3) is 5.13. The Bertz CT molecular complexity index is 1310. The van der Waals surface area contributed by atoms with Crippen molar-refractivity contribution in [1.82, 2.24) is 15.2 Å². The number of carbonyl (C=O) groups excluding carboxylic acids is 1. The van der Waals surface area contributed by atoms with Gasteiger partial charge in [-0.2, -0.15) is 4.57 Å². The number of ether oxygens (including phenoxy) is 2. The van der Waals surface area contributed by atoms with E-state index in [0.29, 0.717) is 37.8 Å². The molecule has 0 radical (unpaired) electrons. The van der Waals surface area contributed by atoms with Gasteiger partial charge in [-0.15, -0.1) is 0 Å². The van der Waals surface area contributed by atoms with Crippen LogP contribution in [-0.2, 0) is 11.8 Å². The SMILES string of the molecule is C[n+]1ccnc2cc(N3CCC(C(=O)NC(CN4CCCC4)C(O)c4ccc5c(c4)OCCO5)C3)ccc21. The van der Waals surface area contributed by atoms with Crippen molar-refractivity contribution in [2.45, 2.75) is 31.4 Å². The maximum Gasteiger partial charge on any atom is 0.231 e. The Labute approximate surface area is 223 Å². The van der Waals surface area contributed by atoms with Crippen LogP contribution < -0.4 is 24.3 Å². The molecule has 0 bridgehead atoms. The predicted molar refractivity (Wildman–Crippen MR) is 143 cm³/mol. The molecule has 4 heterocycles. The molecule has 2 aromatic carbocycles. The number of nitrogens with one attached hydrogen (secondary N) is 1. The van der Waals surface area contributed by atoms with Crippen molar-refractivity contribution in [3.8, 4) is 11.5 Å². The third-order valence-corrected chi connectivity index (χ3v) is 8.04. The molecule has 0 aliphatic carbocycles. The van der Waals surface area contributed by atoms with E-state index in [1.165, 1.54) is 0 Å². The quantitative estimate of drug-likeness (QED) is 0.462. The number of carbonyl (C=O) groups is 1. The van der Waals surface area contributed by atoms with Crippen LogP contribution in [0.3, 0.4) is 0 Å². The molecule has 0 spiro atoms. The number of hydrogen-bond acceptors (Lipinski definition) is 7. The van der Waals surface area contributed by atoms with E-state index in [9.17, 15) is 9.90 Å². The van der Waals surface area contributed by atoms with Gasteiger partial charge in [-0.1, -0.05) is 6.07 Å². The van der Waals surface area contributed by atoms with Crippen LogP contribution in [0.5, 0.6) is 11.5 Å². The summed E-state index contributed by atoms with van der Waals surface area (Å²) in [6.45, 7) is 5.07. The lowest BCUT2D eigenvalue weighted by Gasteiger charge is -2.30. The first-order chi connectivity index (χ1) is 18.5. The second kappa shape index (κ2) is 10.7. The van der Waals surface area contributed by atoms with Gasteiger partial charge in [-0.3, -0.25) is 4.79 Å². The molecule has 3 atom stereocenters. The number of fused-ring (bicyclic) bond motifs is 2. The van der Waals surface area contributed by atoms with Crippen LogP contribution in [0.1, 0.15) is 30.9 Å². The van der Waals surface area contributed by atoms with Gasteiger partial charge in [0.25, 0.3) is 0 Å². The maximum atomic E-state index is 13.5. The van der Waals surface area contributed by atoms with Crippen LogP contribution >= 0.6 is 0 Å². The van der Waals surface area contributed by atoms with Crippen LogP contribution in [0.2, 0.25) is 0 Å². The van der Waals surface area contributed by atoms with Crippen LogP contribution in [0.25, 0.3) is 11.0 Å². The van der Waals surface area contributed by atoms with E-state index < -0.39 is 12.1 Å². The summed E-state index contributed by atoms with van der Waals surface area (Å²) in [7, 11) is 2.01. The lowest BCUT2D eigenvalue weighted by Crippen LogP contribution is -2.48. The average Bonchev–Trinajstić information content (AvgIpc) is 3.65. The highest BCUT2D eigenvalue weighted by Gasteiger charge is 2.33. The van der Waals surface area contributed by atoms with Crippen molar-refractivity contribution in [3.05, 3.63) is 54.4 Å². The minimum Gasteiger partial charge on any atom is -0.486 e. The standard InChI is InChI=1S/C29H35N5O4/c1-32-13-9-30-23-17-22(5-6-25(23)32)34-12-8-21(18-34)29(36)31-24(19-33-10-2-3-11-33)28(35)20-4-7-26-27(16-20)38-15-14-37-26/h4-7,9,13,16-17,21,24,28,35H,2-3,8,10-12,14-15,18-19H2,1H3/p+1. The fraction of sp³-hybridized carbons (Fsp3) is 0.483. The zero-order chi connectivity index (χ0) is 26.1. The van der Waals surface area contributed by atoms with E-state index >= 15 is 0 Å². The molecule has 2 saturated heterocycles. The van der Waals surface area contributed by atoms with E-state index in [1.54, 1.807) is 6.20 Å². The van der Waals surface area contributed by atoms with E-state index in [-0.39, 0.29) is 11.8 Å². The van der Waals surface area contributed by atoms with Crippen molar-refractivity contribution in [3.63, 3.8) is 0 Å². The molecule has 9 heteroatoms. The molecule has 200 valence electrons. The van der Waals surface area contributed by atoms with Crippen molar-refractivity contribution >= 4 is 22.6 Å². The Morgan fingerprint density at radius 1 is 1.13 bits per heavy atom. The topological polar surface area (TPSA) is 91.0 Å². The van der Waals surface area contributed by atoms with Crippen LogP contribution in [-0.4, -0.2) is 72.9 Å². The van der Waals surface area contributed by atoms with Crippen LogP contribution in [0, 0.1) is 5.92 Å². The Morgan fingerprint density at radius 2 is 1.95 bits per heavy atom. The normalized spacial score (nSPS) is 21.0. The molecule has 2 fully saturated rings. The molecular weight excluding hydrogens is 482 g/mol. The number of benzene rings is 2. The molecule has 3 unspecified atom stereocenters. The van der Waals surface area contributed by atoms with Crippen molar-refractivity contribution < 1.29 is 23.9 Å². The van der Waals surface area contributed by atoms with Crippen molar-refractivity contribution in [2.24, 2.45) is 13.0 Å². The zero-order valence-electron chi connectivity index (χ0n) is 21.9. The second-order valence-corrected chi connectivity index (χ2v) is 10.6. The fourth-order valence-corrected chi connectivity index (χ4v) is 5.86. The molecule has 2 N–H and O–H groups in total. The second-order valence-electron chi connectivity index (χ2n) is 10.6. The summed E-state index contributed by atoms with van der Waals surface area (Å²) in [4.78, 5) is 22.6. The summed E-state index contributed by atoms with van der Waals surface area (Å²) in [5.41, 5.74) is 3.82. The number of aliphatic hydroxyl groups excluding tert-OH is 1. The van der Waals surface area contributed by atoms with Crippen LogP contribution in [0.15, 0.2) is 48.8 Å². The summed E-state index contributed by atoms with van der Waals surface area (Å²) in [6.07, 6.45) is 5.97. The average molecular weight is 519 g/mol. The molecule has 9 nitrogen and oxygen atoms in total. The molecule has 1 amide bonds. The number of amides is 1. The van der Waals surface area contributed by atoms with Crippen molar-refractivity contribution in [1.29, 1.82) is 0 Å². The smallest absolute Gasteiger partial charge is 0.231 e. The monoisotopic (exact) mass is 518 g/mol. The Balaban J connectivity index is 1.16. The lowest BCUT2D eigenvalue weighted by molar-refractivity contribution is -0.645. The van der Waals surface area contributed by atoms with Crippen molar-refractivity contribution in [2.75, 3.05) is 50.8 Å². The minimum absolute atomic E-state index is 0.00129. The summed E-state index contributed by atoms with van der Waals surface area (Å²) < 4.78 is 13.4. The largest absolute Gasteiger partial charge is 0.486 e. The van der Waals surface area contributed by atoms with Gasteiger partial charge in [-0.05, 0) is 62.2 Å². The Hall–Kier alpha value is -3.43. The van der Waals surface area contributed by atoms with E-state index in [0.717, 1.165) is 61.2 Å². The molecular formula is C29H36N5O4+. The van der Waals surface area contributed by atoms with E-state index in [1.807, 2.05) is 31.4 Å². The third-order valence-electron chi connectivity index (χ3n) is 8.04. The van der Waals surface area contributed by atoms with E-state index in [2.05, 4.69) is 42.9 Å². The summed E-state index contributed by atoms with van der Waals surface area (Å²) >= 11 is 0. The molecule has 3 aliphatic heterocycles. The predicted octanol–water partition coefficient (Wildman–Crippen LogP) is 1.97. The minimum atomic E-state index is -0.847. The van der Waals surface area contributed by atoms with Gasteiger partial charge >= 0.3 is 0 Å². The highest BCUT2D eigenvalue weighted by molar-refractivity contribution is 5.81. The molecule has 6 rings (SSSR count). The maximum absolute atomic E-state index is 13.5. The van der Waals surface area contributed by atoms with Gasteiger partial charge in [0.1, 0.15) is 31.9 Å². The number of likely N-dealkylation sites (tertiary alicyclic amines) is 1. The lowest BCUT2D eigenvalue weighted by atomic mass is 9.99. The number of rotatable bonds is 7. The molecule has 1 aromatic heterocycles. The van der Waals surface area contributed by atoms with Gasteiger partial charge < -0.3 is 29.7 Å². The zero-order valence-corrected chi connectivity index (χ0v) is 21.9. The van der Waals surface area contributed by atoms with Gasteiger partial charge in [0, 0.05) is 31.4 Å². The first kappa shape index (κ1) is 24.9. The number of aliphatic hydroxyl groups is 1. The number of hydrogen-bond donors (Lipinski definition) is 2. The summed E-state index contributed by atoms with van der Waals surface area (Å²) in [5.74, 6) is 1.19. The van der Waals surface area contributed by atoms with Gasteiger partial charge in [0.15, 0.2) is 17.7 Å². The number of aromatic nitrogens is 2. The first-order valence-corrected chi connectivity index (χ1v) is 13.6. The molecule has 0 saturated carbocycles. The highest BCUT2D eigenvalue weighted by atomic mass is 16.6. The first-order valence-electron chi connectivity index (χ1n) is 13.6.